The van der Waals surface area contributed by atoms with Gasteiger partial charge in [-0.3, -0.25) is 9.59 Å². The number of carbonyl (C=O) groups is 1. The van der Waals surface area contributed by atoms with Gasteiger partial charge in [0.1, 0.15) is 17.2 Å². The monoisotopic (exact) mass is 377 g/mol. The standard InChI is InChI=1S/C18H11F4N3O2/c19-12-6-2-5-11(18(20,21)22)14(12)9-3-1-4-10(7-9)15-17(27)24-8-13(25-15)16(23)26/h1-8H,(H2,23,26)(H,24,27). The number of hydrogen-bond acceptors (Lipinski definition) is 3. The van der Waals surface area contributed by atoms with Crippen LogP contribution in [0.4, 0.5) is 17.6 Å². The zero-order valence-electron chi connectivity index (χ0n) is 13.5. The van der Waals surface area contributed by atoms with E-state index in [1.807, 2.05) is 0 Å². The van der Waals surface area contributed by atoms with Crippen molar-refractivity contribution in [2.45, 2.75) is 6.18 Å². The highest BCUT2D eigenvalue weighted by Crippen LogP contribution is 2.39. The van der Waals surface area contributed by atoms with Crippen molar-refractivity contribution in [2.24, 2.45) is 5.73 Å². The molecule has 0 saturated carbocycles. The predicted octanol–water partition coefficient (Wildman–Crippen LogP) is 3.36. The zero-order chi connectivity index (χ0) is 19.8. The molecule has 0 radical (unpaired) electrons. The van der Waals surface area contributed by atoms with Crippen molar-refractivity contribution >= 4 is 5.91 Å². The number of aromatic nitrogens is 2. The molecule has 0 aliphatic carbocycles. The van der Waals surface area contributed by atoms with Crippen molar-refractivity contribution in [1.29, 1.82) is 0 Å². The van der Waals surface area contributed by atoms with Crippen molar-refractivity contribution in [3.05, 3.63) is 76.1 Å². The van der Waals surface area contributed by atoms with E-state index >= 15 is 0 Å². The summed E-state index contributed by atoms with van der Waals surface area (Å²) in [6.07, 6.45) is -3.74. The third-order valence-corrected chi connectivity index (χ3v) is 3.78. The van der Waals surface area contributed by atoms with E-state index in [1.165, 1.54) is 24.3 Å². The summed E-state index contributed by atoms with van der Waals surface area (Å²) in [6.45, 7) is 0. The third kappa shape index (κ3) is 3.57. The fourth-order valence-electron chi connectivity index (χ4n) is 2.60. The van der Waals surface area contributed by atoms with Crippen LogP contribution in [0.1, 0.15) is 16.1 Å². The number of aromatic amines is 1. The van der Waals surface area contributed by atoms with Crippen molar-refractivity contribution in [2.75, 3.05) is 0 Å². The topological polar surface area (TPSA) is 88.8 Å². The van der Waals surface area contributed by atoms with Crippen LogP contribution in [0.3, 0.4) is 0 Å². The summed E-state index contributed by atoms with van der Waals surface area (Å²) >= 11 is 0. The average molecular weight is 377 g/mol. The van der Waals surface area contributed by atoms with E-state index in [1.54, 1.807) is 0 Å². The predicted molar refractivity (Wildman–Crippen MR) is 89.2 cm³/mol. The van der Waals surface area contributed by atoms with Gasteiger partial charge in [0.25, 0.3) is 11.5 Å². The Bertz CT molecular complexity index is 1090. The molecule has 0 unspecified atom stereocenters. The van der Waals surface area contributed by atoms with Gasteiger partial charge in [-0.2, -0.15) is 13.2 Å². The van der Waals surface area contributed by atoms with E-state index in [0.29, 0.717) is 0 Å². The first-order chi connectivity index (χ1) is 12.7. The number of rotatable bonds is 3. The van der Waals surface area contributed by atoms with Gasteiger partial charge in [-0.25, -0.2) is 9.37 Å². The molecule has 2 aromatic carbocycles. The Morgan fingerprint density at radius 3 is 2.41 bits per heavy atom. The highest BCUT2D eigenvalue weighted by molar-refractivity contribution is 5.91. The molecule has 0 aliphatic heterocycles. The molecule has 0 aliphatic rings. The van der Waals surface area contributed by atoms with Gasteiger partial charge in [-0.1, -0.05) is 24.3 Å². The van der Waals surface area contributed by atoms with Gasteiger partial charge in [0.15, 0.2) is 0 Å². The number of amides is 1. The molecule has 27 heavy (non-hydrogen) atoms. The summed E-state index contributed by atoms with van der Waals surface area (Å²) in [5, 5.41) is 0. The lowest BCUT2D eigenvalue weighted by Gasteiger charge is -2.14. The van der Waals surface area contributed by atoms with Crippen LogP contribution in [0.25, 0.3) is 22.4 Å². The first-order valence-electron chi connectivity index (χ1n) is 7.54. The van der Waals surface area contributed by atoms with Crippen LogP contribution in [-0.4, -0.2) is 15.9 Å². The van der Waals surface area contributed by atoms with Gasteiger partial charge in [0.2, 0.25) is 0 Å². The molecule has 138 valence electrons. The minimum absolute atomic E-state index is 0.0939. The van der Waals surface area contributed by atoms with Crippen LogP contribution in [-0.2, 0) is 6.18 Å². The molecule has 0 bridgehead atoms. The quantitative estimate of drug-likeness (QED) is 0.686. The Labute approximate surface area is 149 Å². The lowest BCUT2D eigenvalue weighted by molar-refractivity contribution is -0.137. The molecular formula is C18H11F4N3O2. The highest BCUT2D eigenvalue weighted by Gasteiger charge is 2.35. The maximum Gasteiger partial charge on any atom is 0.417 e. The van der Waals surface area contributed by atoms with Crippen molar-refractivity contribution < 1.29 is 22.4 Å². The van der Waals surface area contributed by atoms with Crippen LogP contribution in [0.5, 0.6) is 0 Å². The Morgan fingerprint density at radius 1 is 1.07 bits per heavy atom. The Kier molecular flexibility index (Phi) is 4.52. The second-order valence-corrected chi connectivity index (χ2v) is 5.57. The van der Waals surface area contributed by atoms with Crippen LogP contribution >= 0.6 is 0 Å². The van der Waals surface area contributed by atoms with E-state index < -0.39 is 34.6 Å². The fraction of sp³-hybridized carbons (Fsp3) is 0.0556. The molecular weight excluding hydrogens is 366 g/mol. The number of H-pyrrole nitrogens is 1. The Balaban J connectivity index is 2.21. The van der Waals surface area contributed by atoms with Crippen LogP contribution < -0.4 is 11.3 Å². The third-order valence-electron chi connectivity index (χ3n) is 3.78. The number of halogens is 4. The molecule has 9 heteroatoms. The molecule has 1 heterocycles. The number of alkyl halides is 3. The molecule has 0 fully saturated rings. The van der Waals surface area contributed by atoms with E-state index in [4.69, 9.17) is 5.73 Å². The van der Waals surface area contributed by atoms with Gasteiger partial charge in [-0.15, -0.1) is 0 Å². The van der Waals surface area contributed by atoms with E-state index in [2.05, 4.69) is 9.97 Å². The van der Waals surface area contributed by atoms with E-state index in [0.717, 1.165) is 24.4 Å². The fourth-order valence-corrected chi connectivity index (χ4v) is 2.60. The number of primary amides is 1. The summed E-state index contributed by atoms with van der Waals surface area (Å²) in [4.78, 5) is 29.4. The summed E-state index contributed by atoms with van der Waals surface area (Å²) in [7, 11) is 0. The largest absolute Gasteiger partial charge is 0.417 e. The van der Waals surface area contributed by atoms with Gasteiger partial charge in [0.05, 0.1) is 5.56 Å². The van der Waals surface area contributed by atoms with E-state index in [-0.39, 0.29) is 22.5 Å². The van der Waals surface area contributed by atoms with Crippen molar-refractivity contribution in [3.63, 3.8) is 0 Å². The molecule has 3 N–H and O–H groups in total. The van der Waals surface area contributed by atoms with Gasteiger partial charge >= 0.3 is 6.18 Å². The summed E-state index contributed by atoms with van der Waals surface area (Å²) in [5.74, 6) is -1.95. The summed E-state index contributed by atoms with van der Waals surface area (Å²) in [6, 6.07) is 7.88. The van der Waals surface area contributed by atoms with Crippen molar-refractivity contribution in [3.8, 4) is 22.4 Å². The normalized spacial score (nSPS) is 11.4. The second kappa shape index (κ2) is 6.67. The number of carbonyl (C=O) groups excluding carboxylic acids is 1. The first-order valence-corrected chi connectivity index (χ1v) is 7.54. The van der Waals surface area contributed by atoms with Crippen LogP contribution in [0, 0.1) is 5.82 Å². The molecule has 0 atom stereocenters. The van der Waals surface area contributed by atoms with Crippen LogP contribution in [0.15, 0.2) is 53.5 Å². The zero-order valence-corrected chi connectivity index (χ0v) is 13.5. The number of hydrogen-bond donors (Lipinski definition) is 2. The second-order valence-electron chi connectivity index (χ2n) is 5.57. The molecule has 3 aromatic rings. The number of nitrogens with two attached hydrogens (primary N) is 1. The van der Waals surface area contributed by atoms with Gasteiger partial charge in [-0.05, 0) is 23.8 Å². The summed E-state index contributed by atoms with van der Waals surface area (Å²) < 4.78 is 54.0. The molecule has 0 saturated heterocycles. The minimum Gasteiger partial charge on any atom is -0.364 e. The van der Waals surface area contributed by atoms with Crippen molar-refractivity contribution in [1.82, 2.24) is 9.97 Å². The number of nitrogens with zero attached hydrogens (tertiary/aromatic N) is 1. The molecule has 3 rings (SSSR count). The smallest absolute Gasteiger partial charge is 0.364 e. The Morgan fingerprint density at radius 2 is 1.74 bits per heavy atom. The Hall–Kier alpha value is -3.49. The lowest BCUT2D eigenvalue weighted by Crippen LogP contribution is -2.19. The molecule has 1 aromatic heterocycles. The van der Waals surface area contributed by atoms with Gasteiger partial charge < -0.3 is 10.7 Å². The minimum atomic E-state index is -4.77. The molecule has 5 nitrogen and oxygen atoms in total. The molecule has 1 amide bonds. The van der Waals surface area contributed by atoms with Gasteiger partial charge in [0, 0.05) is 17.3 Å². The number of nitrogens with one attached hydrogen (secondary N) is 1. The molecule has 0 spiro atoms. The van der Waals surface area contributed by atoms with Crippen LogP contribution in [0.2, 0.25) is 0 Å². The first kappa shape index (κ1) is 18.3. The highest BCUT2D eigenvalue weighted by atomic mass is 19.4. The maximum atomic E-state index is 14.2. The average Bonchev–Trinajstić information content (AvgIpc) is 2.61. The lowest BCUT2D eigenvalue weighted by atomic mass is 9.96. The van der Waals surface area contributed by atoms with E-state index in [9.17, 15) is 27.2 Å². The SMILES string of the molecule is NC(=O)c1c[nH]c(=O)c(-c2cccc(-c3c(F)cccc3C(F)(F)F)c2)n1. The maximum absolute atomic E-state index is 14.2. The summed E-state index contributed by atoms with van der Waals surface area (Å²) in [5.41, 5.74) is 2.21. The number of benzene rings is 2.